The average Bonchev–Trinajstić information content (AvgIpc) is 2.76. The van der Waals surface area contributed by atoms with Crippen LogP contribution < -0.4 is 4.74 Å². The van der Waals surface area contributed by atoms with E-state index in [1.54, 1.807) is 19.9 Å². The summed E-state index contributed by atoms with van der Waals surface area (Å²) < 4.78 is 5.80. The van der Waals surface area contributed by atoms with Gasteiger partial charge in [0.1, 0.15) is 11.5 Å². The number of hydrogen-bond acceptors (Lipinski definition) is 4. The first-order valence-electron chi connectivity index (χ1n) is 12.2. The Hall–Kier alpha value is -1.88. The van der Waals surface area contributed by atoms with Crippen LogP contribution in [-0.2, 0) is 23.2 Å². The van der Waals surface area contributed by atoms with Crippen molar-refractivity contribution < 1.29 is 19.7 Å². The Bertz CT molecular complexity index is 959. The topological polar surface area (TPSA) is 66.8 Å². The molecule has 2 rings (SSSR count). The van der Waals surface area contributed by atoms with Crippen molar-refractivity contribution in [1.82, 2.24) is 0 Å². The summed E-state index contributed by atoms with van der Waals surface area (Å²) in [6.07, 6.45) is 0.696. The molecule has 2 aromatic rings. The summed E-state index contributed by atoms with van der Waals surface area (Å²) in [7, 11) is 0. The molecule has 0 saturated carbocycles. The molecule has 0 aliphatic heterocycles. The first-order chi connectivity index (χ1) is 15.8. The largest absolute Gasteiger partial charge is 0.493 e. The van der Waals surface area contributed by atoms with Crippen molar-refractivity contribution in [2.45, 2.75) is 72.8 Å². The molecule has 0 aromatic heterocycles. The van der Waals surface area contributed by atoms with E-state index in [9.17, 15) is 15.0 Å². The summed E-state index contributed by atoms with van der Waals surface area (Å²) in [5.74, 6) is 0.731. The van der Waals surface area contributed by atoms with Crippen LogP contribution in [0, 0.1) is 17.8 Å². The van der Waals surface area contributed by atoms with Gasteiger partial charge in [-0.3, -0.25) is 4.79 Å². The van der Waals surface area contributed by atoms with Gasteiger partial charge in [0.2, 0.25) is 0 Å². The van der Waals surface area contributed by atoms with Gasteiger partial charge in [0.15, 0.2) is 0 Å². The van der Waals surface area contributed by atoms with Crippen LogP contribution in [0.3, 0.4) is 0 Å². The van der Waals surface area contributed by atoms with E-state index in [1.165, 1.54) is 0 Å². The summed E-state index contributed by atoms with van der Waals surface area (Å²) in [5, 5.41) is 21.6. The lowest BCUT2D eigenvalue weighted by Gasteiger charge is -2.29. The zero-order valence-electron chi connectivity index (χ0n) is 21.7. The first-order valence-corrected chi connectivity index (χ1v) is 12.6. The van der Waals surface area contributed by atoms with Crippen LogP contribution in [0.5, 0.6) is 5.75 Å². The molecule has 0 bridgehead atoms. The lowest BCUT2D eigenvalue weighted by atomic mass is 9.78. The number of ketones is 1. The fraction of sp³-hybridized carbons (Fsp3) is 0.552. The number of benzene rings is 2. The van der Waals surface area contributed by atoms with Crippen molar-refractivity contribution in [2.24, 2.45) is 17.8 Å². The molecule has 34 heavy (non-hydrogen) atoms. The second-order valence-electron chi connectivity index (χ2n) is 10.6. The number of carbonyl (C=O) groups excluding carboxylic acids is 1. The van der Waals surface area contributed by atoms with Crippen LogP contribution in [-0.4, -0.2) is 29.2 Å². The molecule has 0 heterocycles. The van der Waals surface area contributed by atoms with Crippen molar-refractivity contribution >= 4 is 17.4 Å². The quantitative estimate of drug-likeness (QED) is 0.366. The summed E-state index contributed by atoms with van der Waals surface area (Å²) >= 11 is 6.39. The monoisotopic (exact) mass is 488 g/mol. The van der Waals surface area contributed by atoms with Crippen molar-refractivity contribution in [3.8, 4) is 5.75 Å². The van der Waals surface area contributed by atoms with Gasteiger partial charge in [-0.1, -0.05) is 64.4 Å². The Morgan fingerprint density at radius 1 is 1.09 bits per heavy atom. The Morgan fingerprint density at radius 2 is 1.76 bits per heavy atom. The molecule has 0 unspecified atom stereocenters. The predicted molar refractivity (Wildman–Crippen MR) is 140 cm³/mol. The molecule has 0 aliphatic rings. The van der Waals surface area contributed by atoms with E-state index in [0.717, 1.165) is 22.3 Å². The maximum Gasteiger partial charge on any atom is 0.140 e. The van der Waals surface area contributed by atoms with Gasteiger partial charge in [0.05, 0.1) is 12.2 Å². The third kappa shape index (κ3) is 7.56. The normalized spacial score (nSPS) is 13.9. The van der Waals surface area contributed by atoms with Crippen LogP contribution in [0.15, 0.2) is 36.4 Å². The lowest BCUT2D eigenvalue weighted by Crippen LogP contribution is -2.29. The number of halogens is 1. The van der Waals surface area contributed by atoms with E-state index in [-0.39, 0.29) is 36.6 Å². The number of carbonyl (C=O) groups is 1. The standard InChI is InChI=1S/C29H41ClO4/c1-18(2)17-34-23-11-12-27(30)21(13-23)15-28(32)20(5)22(16-31)14-25-24(19(3)4)9-8-10-26(25)29(6,7)33/h8-13,18-20,22,31,33H,14-17H2,1-7H3/t20-,22+/m0/s1. The van der Waals surface area contributed by atoms with Gasteiger partial charge in [-0.15, -0.1) is 0 Å². The molecule has 0 radical (unpaired) electrons. The zero-order valence-corrected chi connectivity index (χ0v) is 22.4. The van der Waals surface area contributed by atoms with Gasteiger partial charge < -0.3 is 14.9 Å². The van der Waals surface area contributed by atoms with Crippen molar-refractivity contribution in [1.29, 1.82) is 0 Å². The fourth-order valence-electron chi connectivity index (χ4n) is 4.26. The minimum atomic E-state index is -1.02. The second kappa shape index (κ2) is 12.2. The highest BCUT2D eigenvalue weighted by Crippen LogP contribution is 2.34. The average molecular weight is 489 g/mol. The molecule has 0 fully saturated rings. The van der Waals surface area contributed by atoms with Crippen LogP contribution in [0.25, 0.3) is 0 Å². The number of Topliss-reactive ketones (excluding diaryl/α,β-unsaturated/α-hetero) is 1. The van der Waals surface area contributed by atoms with E-state index < -0.39 is 5.60 Å². The van der Waals surface area contributed by atoms with E-state index in [0.29, 0.717) is 29.7 Å². The maximum absolute atomic E-state index is 13.3. The number of rotatable bonds is 12. The van der Waals surface area contributed by atoms with E-state index in [1.807, 2.05) is 31.2 Å². The van der Waals surface area contributed by atoms with Crippen LogP contribution in [0.1, 0.15) is 76.6 Å². The smallest absolute Gasteiger partial charge is 0.140 e. The molecular weight excluding hydrogens is 448 g/mol. The van der Waals surface area contributed by atoms with Gasteiger partial charge in [0.25, 0.3) is 0 Å². The Balaban J connectivity index is 2.27. The van der Waals surface area contributed by atoms with Gasteiger partial charge in [0, 0.05) is 24.0 Å². The van der Waals surface area contributed by atoms with Gasteiger partial charge >= 0.3 is 0 Å². The number of aliphatic hydroxyl groups is 2. The zero-order chi connectivity index (χ0) is 25.6. The molecule has 0 amide bonds. The SMILES string of the molecule is CC(C)COc1ccc(Cl)c(CC(=O)[C@@H](C)[C@@H](CO)Cc2c(C(C)C)cccc2C(C)(C)O)c1. The van der Waals surface area contributed by atoms with Crippen molar-refractivity contribution in [3.63, 3.8) is 0 Å². The van der Waals surface area contributed by atoms with Crippen molar-refractivity contribution in [2.75, 3.05) is 13.2 Å². The van der Waals surface area contributed by atoms with E-state index >= 15 is 0 Å². The van der Waals surface area contributed by atoms with Crippen LogP contribution in [0.2, 0.25) is 5.02 Å². The van der Waals surface area contributed by atoms with E-state index in [2.05, 4.69) is 33.8 Å². The van der Waals surface area contributed by atoms with Gasteiger partial charge in [-0.2, -0.15) is 0 Å². The second-order valence-corrected chi connectivity index (χ2v) is 11.0. The summed E-state index contributed by atoms with van der Waals surface area (Å²) in [4.78, 5) is 13.3. The van der Waals surface area contributed by atoms with Gasteiger partial charge in [-0.25, -0.2) is 0 Å². The molecule has 0 spiro atoms. The molecule has 5 heteroatoms. The number of hydrogen-bond donors (Lipinski definition) is 2. The van der Waals surface area contributed by atoms with Crippen LogP contribution >= 0.6 is 11.6 Å². The highest BCUT2D eigenvalue weighted by molar-refractivity contribution is 6.31. The molecule has 0 saturated heterocycles. The summed E-state index contributed by atoms with van der Waals surface area (Å²) in [6.45, 7) is 14.3. The minimum absolute atomic E-state index is 0.0220. The fourth-order valence-corrected chi connectivity index (χ4v) is 4.44. The lowest BCUT2D eigenvalue weighted by molar-refractivity contribution is -0.123. The molecule has 2 atom stereocenters. The Morgan fingerprint density at radius 3 is 2.32 bits per heavy atom. The van der Waals surface area contributed by atoms with E-state index in [4.69, 9.17) is 16.3 Å². The number of aliphatic hydroxyl groups excluding tert-OH is 1. The highest BCUT2D eigenvalue weighted by Gasteiger charge is 2.29. The predicted octanol–water partition coefficient (Wildman–Crippen LogP) is 6.32. The first kappa shape index (κ1) is 28.4. The molecule has 4 nitrogen and oxygen atoms in total. The Kier molecular flexibility index (Phi) is 10.2. The molecule has 0 aliphatic carbocycles. The minimum Gasteiger partial charge on any atom is -0.493 e. The third-order valence-corrected chi connectivity index (χ3v) is 6.74. The summed E-state index contributed by atoms with van der Waals surface area (Å²) in [5.41, 5.74) is 2.71. The van der Waals surface area contributed by atoms with Gasteiger partial charge in [-0.05, 0) is 78.5 Å². The number of ether oxygens (including phenoxy) is 1. The molecule has 188 valence electrons. The third-order valence-electron chi connectivity index (χ3n) is 6.37. The summed E-state index contributed by atoms with van der Waals surface area (Å²) in [6, 6.07) is 11.4. The molecular formula is C29H41ClO4. The van der Waals surface area contributed by atoms with Crippen molar-refractivity contribution in [3.05, 3.63) is 63.7 Å². The highest BCUT2D eigenvalue weighted by atomic mass is 35.5. The molecule has 2 aromatic carbocycles. The van der Waals surface area contributed by atoms with Crippen LogP contribution in [0.4, 0.5) is 0 Å². The maximum atomic E-state index is 13.3. The molecule has 2 N–H and O–H groups in total. The Labute approximate surface area is 210 Å².